The maximum absolute atomic E-state index is 14.4. The van der Waals surface area contributed by atoms with Gasteiger partial charge in [-0.25, -0.2) is 14.4 Å². The lowest BCUT2D eigenvalue weighted by atomic mass is 10.1. The average Bonchev–Trinajstić information content (AvgIpc) is 3.59. The first kappa shape index (κ1) is 21.1. The number of benzene rings is 1. The van der Waals surface area contributed by atoms with E-state index >= 15 is 0 Å². The van der Waals surface area contributed by atoms with E-state index in [1.54, 1.807) is 25.4 Å². The Hall–Kier alpha value is -3.10. The number of aliphatic hydroxyl groups is 1. The van der Waals surface area contributed by atoms with Crippen LogP contribution in [-0.4, -0.2) is 38.6 Å². The van der Waals surface area contributed by atoms with Crippen LogP contribution in [0.1, 0.15) is 41.6 Å². The Bertz CT molecular complexity index is 1120. The lowest BCUT2D eigenvalue weighted by molar-refractivity contribution is 0.0924. The highest BCUT2D eigenvalue weighted by Gasteiger charge is 2.28. The van der Waals surface area contributed by atoms with E-state index in [0.29, 0.717) is 28.0 Å². The van der Waals surface area contributed by atoms with Gasteiger partial charge in [-0.2, -0.15) is 0 Å². The van der Waals surface area contributed by atoms with E-state index in [1.165, 1.54) is 24.4 Å². The van der Waals surface area contributed by atoms with E-state index in [0.717, 1.165) is 18.4 Å². The molecule has 160 valence electrons. The standard InChI is InChI=1S/C22H21ClFN5O2/c1-12(30)9-27-22(31)17-10-25-7-6-19(17)28-21-16(13-2-3-13)11-26-20(29-21)15-8-14(23)4-5-18(15)24/h4-8,10-13,30H,2-3,9H2,1H3,(H,27,31)(H,25,26,28,29)/t12-/m0/s1. The summed E-state index contributed by atoms with van der Waals surface area (Å²) in [4.78, 5) is 25.5. The lowest BCUT2D eigenvalue weighted by Gasteiger charge is -2.15. The Morgan fingerprint density at radius 3 is 2.87 bits per heavy atom. The second kappa shape index (κ2) is 8.95. The van der Waals surface area contributed by atoms with E-state index < -0.39 is 11.9 Å². The highest BCUT2D eigenvalue weighted by atomic mass is 35.5. The monoisotopic (exact) mass is 441 g/mol. The molecule has 0 bridgehead atoms. The van der Waals surface area contributed by atoms with Crippen LogP contribution in [0.3, 0.4) is 0 Å². The van der Waals surface area contributed by atoms with Gasteiger partial charge < -0.3 is 15.7 Å². The number of carbonyl (C=O) groups is 1. The van der Waals surface area contributed by atoms with Crippen LogP contribution in [0.2, 0.25) is 5.02 Å². The van der Waals surface area contributed by atoms with Gasteiger partial charge in [0.25, 0.3) is 5.91 Å². The first-order valence-corrected chi connectivity index (χ1v) is 10.3. The molecule has 1 amide bonds. The molecule has 1 aliphatic rings. The predicted octanol–water partition coefficient (Wildman–Crippen LogP) is 4.06. The number of pyridine rings is 1. The number of rotatable bonds is 7. The number of aromatic nitrogens is 3. The molecule has 1 atom stereocenters. The molecule has 2 heterocycles. The molecule has 7 nitrogen and oxygen atoms in total. The van der Waals surface area contributed by atoms with Crippen LogP contribution in [0, 0.1) is 5.82 Å². The number of anilines is 2. The molecule has 1 aliphatic carbocycles. The number of nitrogens with zero attached hydrogens (tertiary/aromatic N) is 3. The first-order valence-electron chi connectivity index (χ1n) is 9.92. The molecule has 1 saturated carbocycles. The molecule has 0 unspecified atom stereocenters. The fraction of sp³-hybridized carbons (Fsp3) is 0.273. The van der Waals surface area contributed by atoms with Crippen LogP contribution in [0.25, 0.3) is 11.4 Å². The normalized spacial score (nSPS) is 14.2. The Morgan fingerprint density at radius 1 is 1.32 bits per heavy atom. The van der Waals surface area contributed by atoms with Gasteiger partial charge >= 0.3 is 0 Å². The van der Waals surface area contributed by atoms with Crippen LogP contribution >= 0.6 is 11.6 Å². The zero-order chi connectivity index (χ0) is 22.0. The van der Waals surface area contributed by atoms with E-state index in [-0.39, 0.29) is 23.8 Å². The zero-order valence-corrected chi connectivity index (χ0v) is 17.5. The molecular weight excluding hydrogens is 421 g/mol. The summed E-state index contributed by atoms with van der Waals surface area (Å²) < 4.78 is 14.4. The van der Waals surface area contributed by atoms with E-state index in [4.69, 9.17) is 11.6 Å². The molecule has 0 radical (unpaired) electrons. The van der Waals surface area contributed by atoms with Crippen LogP contribution in [-0.2, 0) is 0 Å². The quantitative estimate of drug-likeness (QED) is 0.511. The smallest absolute Gasteiger partial charge is 0.255 e. The van der Waals surface area contributed by atoms with Gasteiger partial charge in [-0.3, -0.25) is 9.78 Å². The molecule has 0 saturated heterocycles. The summed E-state index contributed by atoms with van der Waals surface area (Å²) in [6, 6.07) is 5.88. The van der Waals surface area contributed by atoms with Crippen molar-refractivity contribution in [2.45, 2.75) is 31.8 Å². The van der Waals surface area contributed by atoms with Gasteiger partial charge in [-0.1, -0.05) is 11.6 Å². The Labute approximate surface area is 183 Å². The molecule has 31 heavy (non-hydrogen) atoms. The summed E-state index contributed by atoms with van der Waals surface area (Å²) >= 11 is 6.03. The van der Waals surface area contributed by atoms with E-state index in [9.17, 15) is 14.3 Å². The molecule has 9 heteroatoms. The zero-order valence-electron chi connectivity index (χ0n) is 16.8. The van der Waals surface area contributed by atoms with Crippen LogP contribution in [0.5, 0.6) is 0 Å². The van der Waals surface area contributed by atoms with Crippen molar-refractivity contribution < 1.29 is 14.3 Å². The third-order valence-electron chi connectivity index (χ3n) is 4.88. The fourth-order valence-electron chi connectivity index (χ4n) is 3.13. The summed E-state index contributed by atoms with van der Waals surface area (Å²) in [6.07, 6.45) is 6.05. The van der Waals surface area contributed by atoms with Crippen molar-refractivity contribution in [2.75, 3.05) is 11.9 Å². The summed E-state index contributed by atoms with van der Waals surface area (Å²) in [5, 5.41) is 15.7. The minimum Gasteiger partial charge on any atom is -0.392 e. The largest absolute Gasteiger partial charge is 0.392 e. The number of hydrogen-bond acceptors (Lipinski definition) is 6. The SMILES string of the molecule is C[C@H](O)CNC(=O)c1cnccc1Nc1nc(-c2cc(Cl)ccc2F)ncc1C1CC1. The third-order valence-corrected chi connectivity index (χ3v) is 5.12. The average molecular weight is 442 g/mol. The van der Waals surface area contributed by atoms with Crippen molar-refractivity contribution in [3.05, 3.63) is 64.8 Å². The lowest BCUT2D eigenvalue weighted by Crippen LogP contribution is -2.31. The fourth-order valence-corrected chi connectivity index (χ4v) is 3.30. The maximum atomic E-state index is 14.4. The van der Waals surface area contributed by atoms with Gasteiger partial charge in [0.1, 0.15) is 11.6 Å². The van der Waals surface area contributed by atoms with Crippen molar-refractivity contribution >= 4 is 29.0 Å². The van der Waals surface area contributed by atoms with Gasteiger partial charge in [0.2, 0.25) is 0 Å². The Balaban J connectivity index is 1.70. The molecule has 3 aromatic rings. The van der Waals surface area contributed by atoms with Crippen molar-refractivity contribution in [3.63, 3.8) is 0 Å². The number of halogens is 2. The summed E-state index contributed by atoms with van der Waals surface area (Å²) in [5.41, 5.74) is 1.90. The summed E-state index contributed by atoms with van der Waals surface area (Å²) in [5.74, 6) is 0.162. The highest BCUT2D eigenvalue weighted by molar-refractivity contribution is 6.30. The van der Waals surface area contributed by atoms with Crippen LogP contribution in [0.4, 0.5) is 15.9 Å². The highest BCUT2D eigenvalue weighted by Crippen LogP contribution is 2.43. The Kier molecular flexibility index (Phi) is 6.11. The van der Waals surface area contributed by atoms with Gasteiger partial charge in [0.05, 0.1) is 22.9 Å². The van der Waals surface area contributed by atoms with E-state index in [1.807, 2.05) is 0 Å². The van der Waals surface area contributed by atoms with Gasteiger partial charge in [-0.15, -0.1) is 0 Å². The topological polar surface area (TPSA) is 100 Å². The minimum atomic E-state index is -0.671. The number of nitrogens with one attached hydrogen (secondary N) is 2. The number of hydrogen-bond donors (Lipinski definition) is 3. The molecule has 4 rings (SSSR count). The number of carbonyl (C=O) groups excluding carboxylic acids is 1. The molecule has 3 N–H and O–H groups in total. The van der Waals surface area contributed by atoms with Crippen LogP contribution in [0.15, 0.2) is 42.9 Å². The second-order valence-corrected chi connectivity index (χ2v) is 7.94. The predicted molar refractivity (Wildman–Crippen MR) is 116 cm³/mol. The maximum Gasteiger partial charge on any atom is 0.255 e. The molecule has 0 spiro atoms. The van der Waals surface area contributed by atoms with Gasteiger partial charge in [0, 0.05) is 35.7 Å². The minimum absolute atomic E-state index is 0.117. The van der Waals surface area contributed by atoms with Crippen molar-refractivity contribution in [1.82, 2.24) is 20.3 Å². The van der Waals surface area contributed by atoms with Crippen molar-refractivity contribution in [3.8, 4) is 11.4 Å². The molecule has 1 aromatic carbocycles. The third kappa shape index (κ3) is 4.98. The van der Waals surface area contributed by atoms with Crippen molar-refractivity contribution in [2.24, 2.45) is 0 Å². The molecule has 1 fully saturated rings. The van der Waals surface area contributed by atoms with Gasteiger partial charge in [0.15, 0.2) is 5.82 Å². The Morgan fingerprint density at radius 2 is 2.13 bits per heavy atom. The summed E-state index contributed by atoms with van der Waals surface area (Å²) in [7, 11) is 0. The van der Waals surface area contributed by atoms with E-state index in [2.05, 4.69) is 25.6 Å². The molecule has 0 aliphatic heterocycles. The summed E-state index contributed by atoms with van der Waals surface area (Å²) in [6.45, 7) is 1.70. The van der Waals surface area contributed by atoms with Crippen molar-refractivity contribution in [1.29, 1.82) is 0 Å². The van der Waals surface area contributed by atoms with Crippen LogP contribution < -0.4 is 10.6 Å². The first-order chi connectivity index (χ1) is 14.9. The number of amides is 1. The molecule has 2 aromatic heterocycles. The number of aliphatic hydroxyl groups excluding tert-OH is 1. The van der Waals surface area contributed by atoms with Gasteiger partial charge in [-0.05, 0) is 49.9 Å². The molecular formula is C22H21ClFN5O2. The second-order valence-electron chi connectivity index (χ2n) is 7.50.